The van der Waals surface area contributed by atoms with Crippen LogP contribution in [0.4, 0.5) is 19.3 Å². The van der Waals surface area contributed by atoms with Gasteiger partial charge in [0.1, 0.15) is 11.6 Å². The quantitative estimate of drug-likeness (QED) is 0.452. The third-order valence-electron chi connectivity index (χ3n) is 7.28. The molecule has 0 bridgehead atoms. The minimum atomic E-state index is -0.931. The maximum atomic E-state index is 13.9. The van der Waals surface area contributed by atoms with E-state index in [1.54, 1.807) is 41.3 Å². The molecule has 3 aromatic carbocycles. The number of carbonyl (C=O) groups excluding carboxylic acids is 3. The molecule has 3 amide bonds. The number of hydrogen-bond donors (Lipinski definition) is 1. The van der Waals surface area contributed by atoms with E-state index in [4.69, 9.17) is 4.74 Å². The molecule has 2 unspecified atom stereocenters. The largest absolute Gasteiger partial charge is 0.438 e. The number of anilines is 1. The maximum absolute atomic E-state index is 13.9. The molecule has 9 heteroatoms. The van der Waals surface area contributed by atoms with Crippen molar-refractivity contribution < 1.29 is 27.9 Å². The number of carbonyl (C=O) groups is 3. The van der Waals surface area contributed by atoms with Crippen LogP contribution >= 0.6 is 0 Å². The highest BCUT2D eigenvalue weighted by molar-refractivity contribution is 6.04. The zero-order valence-corrected chi connectivity index (χ0v) is 21.5. The zero-order valence-electron chi connectivity index (χ0n) is 21.5. The van der Waals surface area contributed by atoms with Crippen molar-refractivity contribution in [2.45, 2.75) is 38.5 Å². The summed E-state index contributed by atoms with van der Waals surface area (Å²) in [5.41, 5.74) is 1.93. The predicted octanol–water partition coefficient (Wildman–Crippen LogP) is 5.54. The molecule has 2 aliphatic rings. The Morgan fingerprint density at radius 3 is 2.26 bits per heavy atom. The number of cyclic esters (lactones) is 1. The first-order valence-electron chi connectivity index (χ1n) is 13.0. The van der Waals surface area contributed by atoms with Crippen LogP contribution in [0.2, 0.25) is 0 Å². The fraction of sp³-hybridized carbons (Fsp3) is 0.300. The molecule has 7 nitrogen and oxygen atoms in total. The Morgan fingerprint density at radius 1 is 0.949 bits per heavy atom. The number of benzene rings is 3. The molecular weight excluding hydrogens is 504 g/mol. The number of hydrogen-bond acceptors (Lipinski definition) is 4. The van der Waals surface area contributed by atoms with E-state index in [9.17, 15) is 23.2 Å². The summed E-state index contributed by atoms with van der Waals surface area (Å²) in [6.07, 6.45) is 0.197. The Balaban J connectivity index is 1.42. The van der Waals surface area contributed by atoms with Crippen molar-refractivity contribution in [3.05, 3.63) is 101 Å². The summed E-state index contributed by atoms with van der Waals surface area (Å²) in [4.78, 5) is 42.8. The van der Waals surface area contributed by atoms with Crippen molar-refractivity contribution in [1.29, 1.82) is 0 Å². The van der Waals surface area contributed by atoms with Crippen LogP contribution in [0, 0.1) is 17.6 Å². The van der Waals surface area contributed by atoms with Crippen molar-refractivity contribution in [2.75, 3.05) is 18.4 Å². The Bertz CT molecular complexity index is 1360. The van der Waals surface area contributed by atoms with Gasteiger partial charge in [-0.3, -0.25) is 14.5 Å². The first-order chi connectivity index (χ1) is 18.8. The standard InChI is InChI=1S/C30H29F2N3O4/c1-19-13-15-34(16-14-19)29(37)26-27(39-30(38)35(26)18-20-5-9-23(31)10-6-20)22-3-2-4-25(17-22)33-28(36)21-7-11-24(32)12-8-21/h2-12,17,19,26-27H,13-16,18H2,1H3,(H,33,36). The van der Waals surface area contributed by atoms with E-state index in [1.165, 1.54) is 41.3 Å². The van der Waals surface area contributed by atoms with E-state index in [0.717, 1.165) is 12.8 Å². The number of ether oxygens (including phenoxy) is 1. The highest BCUT2D eigenvalue weighted by Crippen LogP contribution is 2.36. The highest BCUT2D eigenvalue weighted by Gasteiger charge is 2.48. The van der Waals surface area contributed by atoms with Crippen LogP contribution < -0.4 is 5.32 Å². The SMILES string of the molecule is CC1CCN(C(=O)C2C(c3cccc(NC(=O)c4ccc(F)cc4)c3)OC(=O)N2Cc2ccc(F)cc2)CC1. The van der Waals surface area contributed by atoms with Crippen LogP contribution in [0.25, 0.3) is 0 Å². The maximum Gasteiger partial charge on any atom is 0.411 e. The molecule has 1 N–H and O–H groups in total. The lowest BCUT2D eigenvalue weighted by Gasteiger charge is -2.34. The molecule has 202 valence electrons. The van der Waals surface area contributed by atoms with E-state index in [1.807, 2.05) is 0 Å². The van der Waals surface area contributed by atoms with Gasteiger partial charge in [0.25, 0.3) is 5.91 Å². The summed E-state index contributed by atoms with van der Waals surface area (Å²) in [7, 11) is 0. The summed E-state index contributed by atoms with van der Waals surface area (Å²) in [5.74, 6) is -0.956. The summed E-state index contributed by atoms with van der Waals surface area (Å²) in [6, 6.07) is 16.8. The van der Waals surface area contributed by atoms with E-state index in [2.05, 4.69) is 12.2 Å². The lowest BCUT2D eigenvalue weighted by molar-refractivity contribution is -0.138. The molecule has 0 saturated carbocycles. The molecule has 0 spiro atoms. The fourth-order valence-corrected chi connectivity index (χ4v) is 4.99. The number of piperidine rings is 1. The van der Waals surface area contributed by atoms with Crippen molar-refractivity contribution in [3.63, 3.8) is 0 Å². The van der Waals surface area contributed by atoms with Gasteiger partial charge in [-0.1, -0.05) is 31.2 Å². The van der Waals surface area contributed by atoms with Crippen LogP contribution in [-0.4, -0.2) is 46.8 Å². The van der Waals surface area contributed by atoms with E-state index in [0.29, 0.717) is 35.8 Å². The van der Waals surface area contributed by atoms with Gasteiger partial charge in [0.2, 0.25) is 5.91 Å². The van der Waals surface area contributed by atoms with Gasteiger partial charge in [-0.15, -0.1) is 0 Å². The van der Waals surface area contributed by atoms with Gasteiger partial charge < -0.3 is 15.0 Å². The van der Waals surface area contributed by atoms with Crippen LogP contribution in [0.15, 0.2) is 72.8 Å². The second-order valence-electron chi connectivity index (χ2n) is 10.1. The van der Waals surface area contributed by atoms with Gasteiger partial charge in [0.05, 0.1) is 6.54 Å². The van der Waals surface area contributed by atoms with Crippen molar-refractivity contribution in [2.24, 2.45) is 5.92 Å². The molecule has 0 aromatic heterocycles. The third kappa shape index (κ3) is 5.92. The second kappa shape index (κ2) is 11.2. The van der Waals surface area contributed by atoms with Gasteiger partial charge in [-0.25, -0.2) is 13.6 Å². The number of nitrogens with one attached hydrogen (secondary N) is 1. The normalized spacial score (nSPS) is 19.6. The van der Waals surface area contributed by atoms with E-state index in [-0.39, 0.29) is 18.0 Å². The fourth-order valence-electron chi connectivity index (χ4n) is 4.99. The summed E-state index contributed by atoms with van der Waals surface area (Å²) >= 11 is 0. The van der Waals surface area contributed by atoms with E-state index >= 15 is 0 Å². The molecule has 0 aliphatic carbocycles. The Morgan fingerprint density at radius 2 is 1.59 bits per heavy atom. The van der Waals surface area contributed by atoms with Crippen molar-refractivity contribution in [1.82, 2.24) is 9.80 Å². The average molecular weight is 534 g/mol. The molecule has 2 atom stereocenters. The van der Waals surface area contributed by atoms with Crippen LogP contribution in [0.1, 0.15) is 47.4 Å². The smallest absolute Gasteiger partial charge is 0.411 e. The number of amides is 3. The lowest BCUT2D eigenvalue weighted by atomic mass is 9.96. The zero-order chi connectivity index (χ0) is 27.5. The minimum absolute atomic E-state index is 0.0806. The summed E-state index contributed by atoms with van der Waals surface area (Å²) in [6.45, 7) is 3.42. The molecule has 3 aromatic rings. The Hall–Kier alpha value is -4.27. The molecular formula is C30H29F2N3O4. The number of likely N-dealkylation sites (tertiary alicyclic amines) is 1. The van der Waals surface area contributed by atoms with Gasteiger partial charge in [-0.05, 0) is 78.4 Å². The van der Waals surface area contributed by atoms with Crippen LogP contribution in [-0.2, 0) is 16.1 Å². The first-order valence-corrected chi connectivity index (χ1v) is 13.0. The van der Waals surface area contributed by atoms with E-state index < -0.39 is 35.8 Å². The lowest BCUT2D eigenvalue weighted by Crippen LogP contribution is -2.50. The number of rotatable bonds is 6. The van der Waals surface area contributed by atoms with Crippen molar-refractivity contribution >= 4 is 23.6 Å². The summed E-state index contributed by atoms with van der Waals surface area (Å²) in [5, 5.41) is 2.78. The molecule has 2 heterocycles. The second-order valence-corrected chi connectivity index (χ2v) is 10.1. The molecule has 5 rings (SSSR count). The molecule has 39 heavy (non-hydrogen) atoms. The molecule has 2 fully saturated rings. The molecule has 2 saturated heterocycles. The summed E-state index contributed by atoms with van der Waals surface area (Å²) < 4.78 is 32.5. The van der Waals surface area contributed by atoms with Crippen molar-refractivity contribution in [3.8, 4) is 0 Å². The Kier molecular flexibility index (Phi) is 7.58. The third-order valence-corrected chi connectivity index (χ3v) is 7.28. The average Bonchev–Trinajstić information content (AvgIpc) is 3.26. The minimum Gasteiger partial charge on any atom is -0.438 e. The van der Waals surface area contributed by atoms with Gasteiger partial charge in [0, 0.05) is 24.3 Å². The van der Waals surface area contributed by atoms with Gasteiger partial charge in [-0.2, -0.15) is 0 Å². The van der Waals surface area contributed by atoms with Crippen LogP contribution in [0.5, 0.6) is 0 Å². The van der Waals surface area contributed by atoms with Gasteiger partial charge >= 0.3 is 6.09 Å². The topological polar surface area (TPSA) is 79.0 Å². The number of nitrogens with zero attached hydrogens (tertiary/aromatic N) is 2. The molecule has 2 aliphatic heterocycles. The number of halogens is 2. The predicted molar refractivity (Wildman–Crippen MR) is 141 cm³/mol. The molecule has 0 radical (unpaired) electrons. The Labute approximate surface area is 225 Å². The highest BCUT2D eigenvalue weighted by atomic mass is 19.1. The first kappa shape index (κ1) is 26.3. The van der Waals surface area contributed by atoms with Gasteiger partial charge in [0.15, 0.2) is 12.1 Å². The monoisotopic (exact) mass is 533 g/mol. The van der Waals surface area contributed by atoms with Crippen LogP contribution in [0.3, 0.4) is 0 Å².